The van der Waals surface area contributed by atoms with Crippen LogP contribution in [0.5, 0.6) is 5.75 Å². The van der Waals surface area contributed by atoms with E-state index in [9.17, 15) is 9.59 Å². The maximum atomic E-state index is 12.3. The molecule has 4 heteroatoms. The second-order valence-electron chi connectivity index (χ2n) is 5.41. The number of benzene rings is 2. The van der Waals surface area contributed by atoms with Crippen molar-refractivity contribution in [1.29, 1.82) is 0 Å². The van der Waals surface area contributed by atoms with Crippen molar-refractivity contribution in [3.8, 4) is 5.75 Å². The van der Waals surface area contributed by atoms with Crippen molar-refractivity contribution in [3.05, 3.63) is 59.7 Å². The Kier molecular flexibility index (Phi) is 5.92. The van der Waals surface area contributed by atoms with Gasteiger partial charge in [-0.15, -0.1) is 0 Å². The third-order valence-corrected chi connectivity index (χ3v) is 3.56. The molecule has 0 bridgehead atoms. The Balaban J connectivity index is 1.97. The number of para-hydroxylation sites is 1. The van der Waals surface area contributed by atoms with Crippen LogP contribution in [0.3, 0.4) is 0 Å². The number of carbonyl (C=O) groups excluding carboxylic acids is 2. The molecule has 0 spiro atoms. The number of amides is 1. The van der Waals surface area contributed by atoms with Crippen molar-refractivity contribution >= 4 is 17.4 Å². The summed E-state index contributed by atoms with van der Waals surface area (Å²) in [6.07, 6.45) is 2.31. The summed E-state index contributed by atoms with van der Waals surface area (Å²) >= 11 is 0. The van der Waals surface area contributed by atoms with Crippen LogP contribution >= 0.6 is 0 Å². The molecule has 0 aromatic heterocycles. The standard InChI is InChI=1S/C19H21NO3/c1-14(21)6-5-7-15-10-12-16(13-11-15)20-19(22)17-8-3-4-9-18(17)23-2/h3-4,8-13H,5-7H2,1-2H3,(H,20,22). The zero-order valence-corrected chi connectivity index (χ0v) is 13.5. The number of carbonyl (C=O) groups is 2. The van der Waals surface area contributed by atoms with Gasteiger partial charge in [0.1, 0.15) is 11.5 Å². The van der Waals surface area contributed by atoms with Gasteiger partial charge in [0.15, 0.2) is 0 Å². The second-order valence-corrected chi connectivity index (χ2v) is 5.41. The van der Waals surface area contributed by atoms with Crippen LogP contribution in [0.4, 0.5) is 5.69 Å². The monoisotopic (exact) mass is 311 g/mol. The first-order valence-electron chi connectivity index (χ1n) is 7.63. The molecule has 1 amide bonds. The lowest BCUT2D eigenvalue weighted by atomic mass is 10.1. The van der Waals surface area contributed by atoms with E-state index in [1.54, 1.807) is 32.2 Å². The fourth-order valence-electron chi connectivity index (χ4n) is 2.33. The molecule has 0 unspecified atom stereocenters. The Morgan fingerprint density at radius 2 is 1.74 bits per heavy atom. The molecule has 2 aromatic rings. The molecule has 0 atom stereocenters. The first kappa shape index (κ1) is 16.7. The molecular formula is C19H21NO3. The highest BCUT2D eigenvalue weighted by Crippen LogP contribution is 2.19. The molecule has 2 rings (SSSR count). The third-order valence-electron chi connectivity index (χ3n) is 3.56. The molecule has 23 heavy (non-hydrogen) atoms. The molecule has 0 saturated carbocycles. The number of anilines is 1. The second kappa shape index (κ2) is 8.13. The first-order chi connectivity index (χ1) is 11.1. The number of ether oxygens (including phenoxy) is 1. The van der Waals surface area contributed by atoms with E-state index in [-0.39, 0.29) is 11.7 Å². The molecular weight excluding hydrogens is 290 g/mol. The smallest absolute Gasteiger partial charge is 0.259 e. The van der Waals surface area contributed by atoms with Gasteiger partial charge in [-0.25, -0.2) is 0 Å². The van der Waals surface area contributed by atoms with E-state index in [2.05, 4.69) is 5.32 Å². The Labute approximate surface area is 136 Å². The van der Waals surface area contributed by atoms with Gasteiger partial charge in [0.05, 0.1) is 12.7 Å². The van der Waals surface area contributed by atoms with Crippen LogP contribution in [0.1, 0.15) is 35.7 Å². The van der Waals surface area contributed by atoms with Crippen LogP contribution in [0.25, 0.3) is 0 Å². The molecule has 4 nitrogen and oxygen atoms in total. The molecule has 0 aliphatic carbocycles. The predicted octanol–water partition coefficient (Wildman–Crippen LogP) is 3.86. The van der Waals surface area contributed by atoms with E-state index in [1.165, 1.54) is 0 Å². The van der Waals surface area contributed by atoms with Gasteiger partial charge in [0.25, 0.3) is 5.91 Å². The summed E-state index contributed by atoms with van der Waals surface area (Å²) < 4.78 is 5.20. The highest BCUT2D eigenvalue weighted by molar-refractivity contribution is 6.06. The lowest BCUT2D eigenvalue weighted by Crippen LogP contribution is -2.13. The Hall–Kier alpha value is -2.62. The van der Waals surface area contributed by atoms with Gasteiger partial charge >= 0.3 is 0 Å². The molecule has 0 radical (unpaired) electrons. The number of methoxy groups -OCH3 is 1. The molecule has 0 fully saturated rings. The summed E-state index contributed by atoms with van der Waals surface area (Å²) in [5.74, 6) is 0.559. The zero-order chi connectivity index (χ0) is 16.7. The number of Topliss-reactive ketones (excluding diaryl/α,β-unsaturated/α-hetero) is 1. The van der Waals surface area contributed by atoms with Gasteiger partial charge in [0.2, 0.25) is 0 Å². The molecule has 0 heterocycles. The van der Waals surface area contributed by atoms with Crippen LogP contribution in [0.15, 0.2) is 48.5 Å². The third kappa shape index (κ3) is 4.95. The van der Waals surface area contributed by atoms with Gasteiger partial charge in [-0.3, -0.25) is 4.79 Å². The highest BCUT2D eigenvalue weighted by Gasteiger charge is 2.11. The highest BCUT2D eigenvalue weighted by atomic mass is 16.5. The van der Waals surface area contributed by atoms with Crippen LogP contribution in [0.2, 0.25) is 0 Å². The van der Waals surface area contributed by atoms with E-state index in [0.29, 0.717) is 17.7 Å². The minimum Gasteiger partial charge on any atom is -0.496 e. The fraction of sp³-hybridized carbons (Fsp3) is 0.263. The number of ketones is 1. The summed E-state index contributed by atoms with van der Waals surface area (Å²) in [4.78, 5) is 23.2. The van der Waals surface area contributed by atoms with E-state index in [1.807, 2.05) is 30.3 Å². The number of nitrogens with one attached hydrogen (secondary N) is 1. The van der Waals surface area contributed by atoms with Crippen molar-refractivity contribution < 1.29 is 14.3 Å². The molecule has 0 aliphatic heterocycles. The Morgan fingerprint density at radius 1 is 1.04 bits per heavy atom. The zero-order valence-electron chi connectivity index (χ0n) is 13.5. The number of hydrogen-bond acceptors (Lipinski definition) is 3. The molecule has 0 aliphatic rings. The van der Waals surface area contributed by atoms with Gasteiger partial charge in [-0.05, 0) is 49.6 Å². The van der Waals surface area contributed by atoms with Gasteiger partial charge < -0.3 is 14.8 Å². The maximum Gasteiger partial charge on any atom is 0.259 e. The van der Waals surface area contributed by atoms with Crippen molar-refractivity contribution in [2.24, 2.45) is 0 Å². The van der Waals surface area contributed by atoms with Crippen LogP contribution in [-0.4, -0.2) is 18.8 Å². The van der Waals surface area contributed by atoms with Gasteiger partial charge in [-0.1, -0.05) is 24.3 Å². The normalized spacial score (nSPS) is 10.2. The number of aryl methyl sites for hydroxylation is 1. The van der Waals surface area contributed by atoms with Gasteiger partial charge in [0, 0.05) is 12.1 Å². The van der Waals surface area contributed by atoms with E-state index < -0.39 is 0 Å². The van der Waals surface area contributed by atoms with Crippen LogP contribution in [0, 0.1) is 0 Å². The summed E-state index contributed by atoms with van der Waals surface area (Å²) in [5.41, 5.74) is 2.39. The lowest BCUT2D eigenvalue weighted by Gasteiger charge is -2.09. The number of rotatable bonds is 7. The largest absolute Gasteiger partial charge is 0.496 e. The Bertz CT molecular complexity index is 677. The number of hydrogen-bond donors (Lipinski definition) is 1. The summed E-state index contributed by atoms with van der Waals surface area (Å²) in [5, 5.41) is 2.86. The van der Waals surface area contributed by atoms with E-state index in [0.717, 1.165) is 24.1 Å². The predicted molar refractivity (Wildman–Crippen MR) is 91.0 cm³/mol. The van der Waals surface area contributed by atoms with Crippen LogP contribution in [-0.2, 0) is 11.2 Å². The quantitative estimate of drug-likeness (QED) is 0.844. The van der Waals surface area contributed by atoms with E-state index in [4.69, 9.17) is 4.74 Å². The minimum atomic E-state index is -0.202. The van der Waals surface area contributed by atoms with Crippen molar-refractivity contribution in [2.45, 2.75) is 26.2 Å². The van der Waals surface area contributed by atoms with Crippen molar-refractivity contribution in [3.63, 3.8) is 0 Å². The fourth-order valence-corrected chi connectivity index (χ4v) is 2.33. The van der Waals surface area contributed by atoms with Gasteiger partial charge in [-0.2, -0.15) is 0 Å². The average molecular weight is 311 g/mol. The molecule has 0 saturated heterocycles. The topological polar surface area (TPSA) is 55.4 Å². The van der Waals surface area contributed by atoms with Crippen LogP contribution < -0.4 is 10.1 Å². The van der Waals surface area contributed by atoms with Crippen molar-refractivity contribution in [1.82, 2.24) is 0 Å². The summed E-state index contributed by atoms with van der Waals surface area (Å²) in [6, 6.07) is 14.8. The molecule has 2 aromatic carbocycles. The van der Waals surface area contributed by atoms with Crippen molar-refractivity contribution in [2.75, 3.05) is 12.4 Å². The molecule has 1 N–H and O–H groups in total. The SMILES string of the molecule is COc1ccccc1C(=O)Nc1ccc(CCCC(C)=O)cc1. The average Bonchev–Trinajstić information content (AvgIpc) is 2.56. The van der Waals surface area contributed by atoms with E-state index >= 15 is 0 Å². The molecule has 120 valence electrons. The maximum absolute atomic E-state index is 12.3. The Morgan fingerprint density at radius 3 is 2.39 bits per heavy atom. The minimum absolute atomic E-state index is 0.202. The lowest BCUT2D eigenvalue weighted by molar-refractivity contribution is -0.117. The summed E-state index contributed by atoms with van der Waals surface area (Å²) in [7, 11) is 1.54. The summed E-state index contributed by atoms with van der Waals surface area (Å²) in [6.45, 7) is 1.61. The first-order valence-corrected chi connectivity index (χ1v) is 7.63.